The molecule has 3 rings (SSSR count). The van der Waals surface area contributed by atoms with Crippen LogP contribution in [-0.4, -0.2) is 53.2 Å². The summed E-state index contributed by atoms with van der Waals surface area (Å²) in [7, 11) is 0. The fraction of sp³-hybridized carbons (Fsp3) is 0.500. The van der Waals surface area contributed by atoms with Crippen LogP contribution in [0.4, 0.5) is 4.79 Å². The highest BCUT2D eigenvalue weighted by atomic mass is 16.6. The third kappa shape index (κ3) is 5.59. The molecule has 29 heavy (non-hydrogen) atoms. The summed E-state index contributed by atoms with van der Waals surface area (Å²) >= 11 is 0. The molecule has 1 aliphatic heterocycles. The van der Waals surface area contributed by atoms with Crippen LogP contribution in [0.25, 0.3) is 10.9 Å². The molecule has 7 heteroatoms. The molecule has 1 aliphatic rings. The minimum Gasteiger partial charge on any atom is -0.491 e. The number of fused-ring (bicyclic) bond motifs is 1. The second-order valence-corrected chi connectivity index (χ2v) is 8.16. The van der Waals surface area contributed by atoms with Crippen LogP contribution in [0.3, 0.4) is 0 Å². The fourth-order valence-corrected chi connectivity index (χ4v) is 3.35. The molecule has 2 heterocycles. The summed E-state index contributed by atoms with van der Waals surface area (Å²) in [6, 6.07) is 9.25. The van der Waals surface area contributed by atoms with Gasteiger partial charge in [-0.25, -0.2) is 4.79 Å². The van der Waals surface area contributed by atoms with E-state index in [9.17, 15) is 9.59 Å². The van der Waals surface area contributed by atoms with Gasteiger partial charge in [-0.2, -0.15) is 0 Å². The quantitative estimate of drug-likeness (QED) is 0.752. The molecule has 156 valence electrons. The first-order valence-corrected chi connectivity index (χ1v) is 10.1. The normalized spacial score (nSPS) is 16.7. The van der Waals surface area contributed by atoms with Gasteiger partial charge in [0.15, 0.2) is 0 Å². The molecule has 0 saturated carbocycles. The molecule has 0 spiro atoms. The Labute approximate surface area is 171 Å². The number of likely N-dealkylation sites (tertiary alicyclic amines) is 1. The standard InChI is InChI=1S/C22H29N3O4/c1-22(2,3)29-21(27)25-14-6-10-17(25)20(26)24-13-7-15-28-18-11-4-8-16-9-5-12-23-19(16)18/h4-5,8-9,11-12,17H,6-7,10,13-15H2,1-3H3,(H,24,26). The predicted octanol–water partition coefficient (Wildman–Crippen LogP) is 3.52. The highest BCUT2D eigenvalue weighted by Crippen LogP contribution is 2.23. The lowest BCUT2D eigenvalue weighted by atomic mass is 10.2. The van der Waals surface area contributed by atoms with E-state index < -0.39 is 17.7 Å². The highest BCUT2D eigenvalue weighted by molar-refractivity contribution is 5.86. The number of hydrogen-bond acceptors (Lipinski definition) is 5. The first-order valence-electron chi connectivity index (χ1n) is 10.1. The lowest BCUT2D eigenvalue weighted by molar-refractivity contribution is -0.125. The first kappa shape index (κ1) is 20.9. The van der Waals surface area contributed by atoms with Gasteiger partial charge in [-0.05, 0) is 52.2 Å². The second kappa shape index (κ2) is 9.11. The van der Waals surface area contributed by atoms with Gasteiger partial charge in [0, 0.05) is 24.7 Å². The lowest BCUT2D eigenvalue weighted by Crippen LogP contribution is -2.47. The number of amides is 2. The van der Waals surface area contributed by atoms with Gasteiger partial charge in [-0.3, -0.25) is 14.7 Å². The summed E-state index contributed by atoms with van der Waals surface area (Å²) in [6.45, 7) is 6.96. The molecule has 1 aromatic heterocycles. The summed E-state index contributed by atoms with van der Waals surface area (Å²) in [6.07, 6.45) is 3.43. The van der Waals surface area contributed by atoms with E-state index in [1.807, 2.05) is 51.1 Å². The van der Waals surface area contributed by atoms with Crippen molar-refractivity contribution < 1.29 is 19.1 Å². The smallest absolute Gasteiger partial charge is 0.410 e. The minimum absolute atomic E-state index is 0.139. The van der Waals surface area contributed by atoms with Crippen LogP contribution in [0.2, 0.25) is 0 Å². The first-order chi connectivity index (χ1) is 13.8. The van der Waals surface area contributed by atoms with Crippen LogP contribution in [0.5, 0.6) is 5.75 Å². The number of pyridine rings is 1. The molecule has 1 N–H and O–H groups in total. The van der Waals surface area contributed by atoms with Crippen molar-refractivity contribution in [3.63, 3.8) is 0 Å². The molecule has 2 amide bonds. The SMILES string of the molecule is CC(C)(C)OC(=O)N1CCCC1C(=O)NCCCOc1cccc2cccnc12. The predicted molar refractivity (Wildman–Crippen MR) is 111 cm³/mol. The molecule has 0 radical (unpaired) electrons. The molecule has 2 aromatic rings. The van der Waals surface area contributed by atoms with Crippen LogP contribution >= 0.6 is 0 Å². The van der Waals surface area contributed by atoms with Gasteiger partial charge in [0.25, 0.3) is 0 Å². The third-order valence-corrected chi connectivity index (χ3v) is 4.66. The van der Waals surface area contributed by atoms with Crippen molar-refractivity contribution in [3.05, 3.63) is 36.5 Å². The lowest BCUT2D eigenvalue weighted by Gasteiger charge is -2.28. The van der Waals surface area contributed by atoms with Crippen LogP contribution in [-0.2, 0) is 9.53 Å². The molecular weight excluding hydrogens is 370 g/mol. The summed E-state index contributed by atoms with van der Waals surface area (Å²) in [5, 5.41) is 3.94. The largest absolute Gasteiger partial charge is 0.491 e. The van der Waals surface area contributed by atoms with E-state index in [1.165, 1.54) is 4.90 Å². The van der Waals surface area contributed by atoms with E-state index in [-0.39, 0.29) is 5.91 Å². The molecule has 7 nitrogen and oxygen atoms in total. The number of hydrogen-bond donors (Lipinski definition) is 1. The number of rotatable bonds is 6. The van der Waals surface area contributed by atoms with E-state index in [0.29, 0.717) is 32.5 Å². The zero-order valence-corrected chi connectivity index (χ0v) is 17.3. The highest BCUT2D eigenvalue weighted by Gasteiger charge is 2.36. The maximum absolute atomic E-state index is 12.5. The number of ether oxygens (including phenoxy) is 2. The zero-order chi connectivity index (χ0) is 20.9. The van der Waals surface area contributed by atoms with Gasteiger partial charge >= 0.3 is 6.09 Å². The molecule has 1 atom stereocenters. The van der Waals surface area contributed by atoms with E-state index >= 15 is 0 Å². The average Bonchev–Trinajstić information content (AvgIpc) is 3.16. The Morgan fingerprint density at radius 3 is 2.83 bits per heavy atom. The Morgan fingerprint density at radius 1 is 1.24 bits per heavy atom. The molecule has 0 bridgehead atoms. The van der Waals surface area contributed by atoms with Gasteiger partial charge in [-0.15, -0.1) is 0 Å². The number of aromatic nitrogens is 1. The molecule has 0 aliphatic carbocycles. The van der Waals surface area contributed by atoms with Crippen molar-refractivity contribution in [3.8, 4) is 5.75 Å². The Morgan fingerprint density at radius 2 is 2.03 bits per heavy atom. The fourth-order valence-electron chi connectivity index (χ4n) is 3.35. The van der Waals surface area contributed by atoms with E-state index in [0.717, 1.165) is 23.1 Å². The van der Waals surface area contributed by atoms with Crippen molar-refractivity contribution in [2.24, 2.45) is 0 Å². The minimum atomic E-state index is -0.575. The molecule has 1 unspecified atom stereocenters. The number of para-hydroxylation sites is 1. The molecule has 1 aromatic carbocycles. The van der Waals surface area contributed by atoms with Crippen molar-refractivity contribution >= 4 is 22.9 Å². The van der Waals surface area contributed by atoms with Crippen LogP contribution in [0.1, 0.15) is 40.0 Å². The van der Waals surface area contributed by atoms with Crippen LogP contribution < -0.4 is 10.1 Å². The van der Waals surface area contributed by atoms with Gasteiger partial charge in [0.2, 0.25) is 5.91 Å². The molecular formula is C22H29N3O4. The Bertz CT molecular complexity index is 857. The number of carbonyl (C=O) groups excluding carboxylic acids is 2. The Hall–Kier alpha value is -2.83. The third-order valence-electron chi connectivity index (χ3n) is 4.66. The summed E-state index contributed by atoms with van der Waals surface area (Å²) in [5.41, 5.74) is 0.257. The van der Waals surface area contributed by atoms with Crippen molar-refractivity contribution in [1.29, 1.82) is 0 Å². The number of carbonyl (C=O) groups is 2. The van der Waals surface area contributed by atoms with Crippen LogP contribution in [0, 0.1) is 0 Å². The number of nitrogens with one attached hydrogen (secondary N) is 1. The number of benzene rings is 1. The molecule has 1 fully saturated rings. The van der Waals surface area contributed by atoms with E-state index in [2.05, 4.69) is 10.3 Å². The number of nitrogens with zero attached hydrogens (tertiary/aromatic N) is 2. The van der Waals surface area contributed by atoms with E-state index in [1.54, 1.807) is 6.20 Å². The van der Waals surface area contributed by atoms with Crippen molar-refractivity contribution in [1.82, 2.24) is 15.2 Å². The van der Waals surface area contributed by atoms with Crippen molar-refractivity contribution in [2.45, 2.75) is 51.7 Å². The maximum atomic E-state index is 12.5. The summed E-state index contributed by atoms with van der Waals surface area (Å²) in [5.74, 6) is 0.599. The Balaban J connectivity index is 1.44. The monoisotopic (exact) mass is 399 g/mol. The topological polar surface area (TPSA) is 80.8 Å². The van der Waals surface area contributed by atoms with Crippen molar-refractivity contribution in [2.75, 3.05) is 19.7 Å². The Kier molecular flexibility index (Phi) is 6.56. The maximum Gasteiger partial charge on any atom is 0.410 e. The van der Waals surface area contributed by atoms with Crippen LogP contribution in [0.15, 0.2) is 36.5 Å². The summed E-state index contributed by atoms with van der Waals surface area (Å²) in [4.78, 5) is 30.7. The summed E-state index contributed by atoms with van der Waals surface area (Å²) < 4.78 is 11.3. The van der Waals surface area contributed by atoms with Gasteiger partial charge < -0.3 is 14.8 Å². The zero-order valence-electron chi connectivity index (χ0n) is 17.3. The van der Waals surface area contributed by atoms with Gasteiger partial charge in [0.05, 0.1) is 6.61 Å². The van der Waals surface area contributed by atoms with Gasteiger partial charge in [0.1, 0.15) is 22.9 Å². The van der Waals surface area contributed by atoms with Gasteiger partial charge in [-0.1, -0.05) is 18.2 Å². The second-order valence-electron chi connectivity index (χ2n) is 8.16. The molecule has 1 saturated heterocycles. The van der Waals surface area contributed by atoms with E-state index in [4.69, 9.17) is 9.47 Å². The average molecular weight is 399 g/mol.